The molecule has 4 heterocycles. The summed E-state index contributed by atoms with van der Waals surface area (Å²) in [5.74, 6) is 0.102. The topological polar surface area (TPSA) is 103 Å². The second-order valence-electron chi connectivity index (χ2n) is 17.0. The molecule has 2 amide bonds. The van der Waals surface area contributed by atoms with Crippen LogP contribution < -0.4 is 10.6 Å². The highest BCUT2D eigenvalue weighted by Crippen LogP contribution is 2.51. The highest BCUT2D eigenvalue weighted by molar-refractivity contribution is 6.20. The molecular weight excluding hydrogens is 613 g/mol. The predicted molar refractivity (Wildman–Crippen MR) is 180 cm³/mol. The zero-order valence-electron chi connectivity index (χ0n) is 29.5. The lowest BCUT2D eigenvalue weighted by Crippen LogP contribution is -2.74. The van der Waals surface area contributed by atoms with Gasteiger partial charge in [0.05, 0.1) is 35.9 Å². The molecule has 2 N–H and O–H groups in total. The third kappa shape index (κ3) is 6.89. The maximum atomic E-state index is 16.6. The van der Waals surface area contributed by atoms with Crippen molar-refractivity contribution in [3.63, 3.8) is 0 Å². The molecule has 268 valence electrons. The van der Waals surface area contributed by atoms with E-state index in [4.69, 9.17) is 9.47 Å². The Morgan fingerprint density at radius 2 is 1.71 bits per heavy atom. The maximum absolute atomic E-state index is 16.6. The zero-order valence-corrected chi connectivity index (χ0v) is 29.5. The van der Waals surface area contributed by atoms with Crippen molar-refractivity contribution in [2.75, 3.05) is 33.2 Å². The number of alkyl carbamates (subject to hydrolysis) is 1. The number of nitrogens with zero attached hydrogens (tertiary/aromatic N) is 3. The Balaban J connectivity index is 1.10. The van der Waals surface area contributed by atoms with Crippen molar-refractivity contribution in [2.24, 2.45) is 17.8 Å². The van der Waals surface area contributed by atoms with Gasteiger partial charge < -0.3 is 29.9 Å². The molecule has 0 spiro atoms. The number of morpholine rings is 1. The van der Waals surface area contributed by atoms with E-state index in [2.05, 4.69) is 32.4 Å². The summed E-state index contributed by atoms with van der Waals surface area (Å²) >= 11 is 0. The Hall–Kier alpha value is -2.24. The Bertz CT molecular complexity index is 1250. The van der Waals surface area contributed by atoms with Crippen LogP contribution in [0.2, 0.25) is 0 Å². The number of likely N-dealkylation sites (tertiary alicyclic amines) is 2. The van der Waals surface area contributed by atoms with Crippen LogP contribution in [-0.2, 0) is 19.1 Å². The van der Waals surface area contributed by atoms with Crippen molar-refractivity contribution >= 4 is 17.8 Å². The summed E-state index contributed by atoms with van der Waals surface area (Å²) in [6.07, 6.45) is 11.3. The fourth-order valence-electron chi connectivity index (χ4n) is 10.5. The first kappa shape index (κ1) is 34.2. The quantitative estimate of drug-likeness (QED) is 0.406. The molecule has 3 saturated carbocycles. The molecular formula is C37H58FN5O5. The number of alkyl halides is 1. The summed E-state index contributed by atoms with van der Waals surface area (Å²) in [6.45, 7) is 8.43. The first-order valence-corrected chi connectivity index (χ1v) is 19.0. The lowest BCUT2D eigenvalue weighted by Gasteiger charge is -2.62. The van der Waals surface area contributed by atoms with Crippen LogP contribution in [0, 0.1) is 17.8 Å². The molecule has 10 nitrogen and oxygen atoms in total. The van der Waals surface area contributed by atoms with Crippen molar-refractivity contribution in [3.05, 3.63) is 11.8 Å². The van der Waals surface area contributed by atoms with Crippen LogP contribution in [0.3, 0.4) is 0 Å². The smallest absolute Gasteiger partial charge is 0.407 e. The number of ether oxygens (including phenoxy) is 2. The minimum Gasteiger partial charge on any atom is -0.444 e. The summed E-state index contributed by atoms with van der Waals surface area (Å²) in [6, 6.07) is -0.234. The van der Waals surface area contributed by atoms with Crippen molar-refractivity contribution in [3.8, 4) is 0 Å². The number of piperidine rings is 1. The number of carbonyl (C=O) groups excluding carboxylic acids is 3. The maximum Gasteiger partial charge on any atom is 0.407 e. The van der Waals surface area contributed by atoms with Crippen LogP contribution in [0.25, 0.3) is 0 Å². The molecule has 6 fully saturated rings. The minimum absolute atomic E-state index is 0.0328. The van der Waals surface area contributed by atoms with E-state index in [-0.39, 0.29) is 47.9 Å². The van der Waals surface area contributed by atoms with Gasteiger partial charge in [-0.1, -0.05) is 25.7 Å². The van der Waals surface area contributed by atoms with Crippen LogP contribution in [-0.4, -0.2) is 120 Å². The number of Topliss-reactive ketones (excluding diaryl/α,β-unsaturated/α-hetero) is 1. The largest absolute Gasteiger partial charge is 0.444 e. The molecule has 0 aromatic carbocycles. The monoisotopic (exact) mass is 671 g/mol. The van der Waals surface area contributed by atoms with Gasteiger partial charge in [-0.3, -0.25) is 14.5 Å². The summed E-state index contributed by atoms with van der Waals surface area (Å²) in [5, 5.41) is 6.07. The number of hydrogen-bond donors (Lipinski definition) is 2. The van der Waals surface area contributed by atoms with E-state index in [1.165, 1.54) is 32.1 Å². The number of rotatable bonds is 6. The molecule has 11 heteroatoms. The Morgan fingerprint density at radius 3 is 2.40 bits per heavy atom. The van der Waals surface area contributed by atoms with E-state index in [1.54, 1.807) is 0 Å². The molecule has 10 unspecified atom stereocenters. The molecule has 0 bridgehead atoms. The second kappa shape index (κ2) is 13.8. The van der Waals surface area contributed by atoms with E-state index < -0.39 is 35.9 Å². The van der Waals surface area contributed by atoms with Crippen molar-refractivity contribution in [1.29, 1.82) is 0 Å². The van der Waals surface area contributed by atoms with Gasteiger partial charge in [-0.2, -0.15) is 0 Å². The van der Waals surface area contributed by atoms with Gasteiger partial charge in [0.25, 0.3) is 5.91 Å². The number of nitrogens with one attached hydrogen (secondary N) is 2. The van der Waals surface area contributed by atoms with Crippen LogP contribution in [0.15, 0.2) is 11.8 Å². The third-order valence-corrected chi connectivity index (χ3v) is 12.8. The molecule has 4 aliphatic heterocycles. The van der Waals surface area contributed by atoms with Crippen molar-refractivity contribution < 1.29 is 28.2 Å². The summed E-state index contributed by atoms with van der Waals surface area (Å²) < 4.78 is 29.1. The van der Waals surface area contributed by atoms with Gasteiger partial charge in [0.2, 0.25) is 0 Å². The van der Waals surface area contributed by atoms with E-state index in [1.807, 2.05) is 27.0 Å². The van der Waals surface area contributed by atoms with E-state index in [0.29, 0.717) is 50.4 Å². The van der Waals surface area contributed by atoms with Gasteiger partial charge in [-0.05, 0) is 97.6 Å². The second-order valence-corrected chi connectivity index (χ2v) is 17.0. The molecule has 3 aliphatic carbocycles. The first-order valence-electron chi connectivity index (χ1n) is 19.0. The van der Waals surface area contributed by atoms with Gasteiger partial charge in [0, 0.05) is 43.8 Å². The highest BCUT2D eigenvalue weighted by atomic mass is 19.1. The summed E-state index contributed by atoms with van der Waals surface area (Å²) in [7, 11) is 2.13. The number of fused-ring (bicyclic) bond motifs is 3. The standard InChI is InChI=1S/C37H58FN5O5/c1-37(2,3)48-36(46)40-24-12-16-42(17-13-24)32-28(38)20-26-31-34(32)47-30-19-23-9-6-5-8-22(23)18-29(30)43(31)21-27(33(26)44)35(45)39-14-11-25-10-7-15-41(25)4/h21-26,28-32,34H,5-20H2,1-4H3,(H,39,45)(H,40,46). The van der Waals surface area contributed by atoms with Gasteiger partial charge >= 0.3 is 6.09 Å². The number of amides is 2. The van der Waals surface area contributed by atoms with Crippen LogP contribution >= 0.6 is 0 Å². The number of hydrogen-bond acceptors (Lipinski definition) is 8. The fourth-order valence-corrected chi connectivity index (χ4v) is 10.5. The Kier molecular flexibility index (Phi) is 9.85. The minimum atomic E-state index is -1.25. The van der Waals surface area contributed by atoms with E-state index in [9.17, 15) is 14.4 Å². The molecule has 10 atom stereocenters. The molecule has 48 heavy (non-hydrogen) atoms. The zero-order chi connectivity index (χ0) is 33.7. The summed E-state index contributed by atoms with van der Waals surface area (Å²) in [4.78, 5) is 47.1. The molecule has 3 saturated heterocycles. The molecule has 7 aliphatic rings. The number of carbonyl (C=O) groups is 3. The van der Waals surface area contributed by atoms with Gasteiger partial charge in [-0.25, -0.2) is 9.18 Å². The number of ketones is 1. The number of halogens is 1. The van der Waals surface area contributed by atoms with Gasteiger partial charge in [0.1, 0.15) is 11.8 Å². The SMILES string of the molecule is CN1CCCC1CCNC(=O)C1=CN2C3CC4CCCCC4CC3OC3C(N4CCC(NC(=O)OC(C)(C)C)CC4)C(F)CC(C1=O)C32. The Labute approximate surface area is 285 Å². The third-order valence-electron chi connectivity index (χ3n) is 12.8. The molecule has 0 radical (unpaired) electrons. The van der Waals surface area contributed by atoms with Crippen molar-refractivity contribution in [1.82, 2.24) is 25.3 Å². The summed E-state index contributed by atoms with van der Waals surface area (Å²) in [5.41, 5.74) is -0.372. The Morgan fingerprint density at radius 1 is 0.979 bits per heavy atom. The average molecular weight is 672 g/mol. The molecule has 7 rings (SSSR count). The molecule has 0 aromatic rings. The lowest BCUT2D eigenvalue weighted by atomic mass is 9.64. The average Bonchev–Trinajstić information content (AvgIpc) is 3.45. The van der Waals surface area contributed by atoms with Gasteiger partial charge in [-0.15, -0.1) is 0 Å². The lowest BCUT2D eigenvalue weighted by molar-refractivity contribution is -0.222. The van der Waals surface area contributed by atoms with Crippen molar-refractivity contribution in [2.45, 2.75) is 152 Å². The van der Waals surface area contributed by atoms with E-state index >= 15 is 4.39 Å². The highest BCUT2D eigenvalue weighted by Gasteiger charge is 2.60. The van der Waals surface area contributed by atoms with Crippen LogP contribution in [0.5, 0.6) is 0 Å². The fraction of sp³-hybridized carbons (Fsp3) is 0.865. The van der Waals surface area contributed by atoms with E-state index in [0.717, 1.165) is 32.2 Å². The van der Waals surface area contributed by atoms with Crippen LogP contribution in [0.4, 0.5) is 9.18 Å². The predicted octanol–water partition coefficient (Wildman–Crippen LogP) is 4.18. The first-order chi connectivity index (χ1) is 23.0. The van der Waals surface area contributed by atoms with Crippen LogP contribution in [0.1, 0.15) is 97.8 Å². The molecule has 0 aromatic heterocycles. The van der Waals surface area contributed by atoms with Gasteiger partial charge in [0.15, 0.2) is 5.78 Å². The normalized spacial score (nSPS) is 39.1.